The Bertz CT molecular complexity index is 1010. The van der Waals surface area contributed by atoms with E-state index in [0.29, 0.717) is 45.2 Å². The van der Waals surface area contributed by atoms with Gasteiger partial charge < -0.3 is 20.1 Å². The molecule has 2 aromatic rings. The van der Waals surface area contributed by atoms with E-state index in [1.54, 1.807) is 4.90 Å². The molecule has 34 heavy (non-hydrogen) atoms. The molecule has 4 rings (SSSR count). The lowest BCUT2D eigenvalue weighted by molar-refractivity contribution is -0.143. The number of amides is 2. The van der Waals surface area contributed by atoms with E-state index in [-0.39, 0.29) is 24.5 Å². The Labute approximate surface area is 200 Å². The van der Waals surface area contributed by atoms with Gasteiger partial charge in [0.05, 0.1) is 5.92 Å². The number of nitrogens with one attached hydrogen (secondary N) is 1. The second-order valence-electron chi connectivity index (χ2n) is 9.01. The third kappa shape index (κ3) is 4.93. The van der Waals surface area contributed by atoms with Gasteiger partial charge in [0, 0.05) is 31.5 Å². The molecule has 2 aromatic carbocycles. The number of aliphatic carboxylic acids is 1. The Hall–Kier alpha value is -3.35. The van der Waals surface area contributed by atoms with Crippen molar-refractivity contribution in [2.75, 3.05) is 19.7 Å². The van der Waals surface area contributed by atoms with Crippen LogP contribution < -0.4 is 5.32 Å². The summed E-state index contributed by atoms with van der Waals surface area (Å²) in [5.41, 5.74) is 4.73. The van der Waals surface area contributed by atoms with E-state index in [2.05, 4.69) is 29.6 Å². The molecule has 1 aliphatic carbocycles. The number of carbonyl (C=O) groups is 3. The maximum Gasteiger partial charge on any atom is 0.407 e. The standard InChI is InChI=1S/C27H32N2O5/c1-2-24-22(26(31)32)14-16-29(24)25(30)13-7-8-15-28-27(33)34-17-23-20-11-5-3-9-18(20)19-10-4-6-12-21(19)23/h3-6,9-12,22-24H,2,7-8,13-17H2,1H3,(H,28,33)(H,31,32). The van der Waals surface area contributed by atoms with Crippen LogP contribution in [-0.2, 0) is 14.3 Å². The number of carbonyl (C=O) groups excluding carboxylic acids is 2. The molecule has 2 aliphatic rings. The van der Waals surface area contributed by atoms with Crippen molar-refractivity contribution in [3.05, 3.63) is 59.7 Å². The van der Waals surface area contributed by atoms with Gasteiger partial charge >= 0.3 is 12.1 Å². The van der Waals surface area contributed by atoms with Crippen molar-refractivity contribution >= 4 is 18.0 Å². The molecule has 2 amide bonds. The van der Waals surface area contributed by atoms with Crippen LogP contribution in [-0.4, -0.2) is 53.7 Å². The van der Waals surface area contributed by atoms with Gasteiger partial charge in [-0.05, 0) is 47.9 Å². The number of benzene rings is 2. The van der Waals surface area contributed by atoms with Gasteiger partial charge in [0.2, 0.25) is 5.91 Å². The number of nitrogens with zero attached hydrogens (tertiary/aromatic N) is 1. The van der Waals surface area contributed by atoms with E-state index in [0.717, 1.165) is 0 Å². The molecule has 2 unspecified atom stereocenters. The molecule has 1 fully saturated rings. The van der Waals surface area contributed by atoms with Crippen LogP contribution in [0.1, 0.15) is 56.1 Å². The first-order valence-electron chi connectivity index (χ1n) is 12.1. The fourth-order valence-electron chi connectivity index (χ4n) is 5.34. The summed E-state index contributed by atoms with van der Waals surface area (Å²) in [5.74, 6) is -1.27. The van der Waals surface area contributed by atoms with Crippen molar-refractivity contribution in [1.82, 2.24) is 10.2 Å². The zero-order chi connectivity index (χ0) is 24.1. The van der Waals surface area contributed by atoms with Crippen LogP contribution in [0.4, 0.5) is 4.79 Å². The van der Waals surface area contributed by atoms with E-state index < -0.39 is 18.0 Å². The van der Waals surface area contributed by atoms with Gasteiger partial charge in [-0.3, -0.25) is 9.59 Å². The van der Waals surface area contributed by atoms with Crippen molar-refractivity contribution < 1.29 is 24.2 Å². The van der Waals surface area contributed by atoms with E-state index in [1.165, 1.54) is 22.3 Å². The molecule has 7 nitrogen and oxygen atoms in total. The minimum absolute atomic E-state index is 0.00302. The van der Waals surface area contributed by atoms with Gasteiger partial charge in [0.15, 0.2) is 0 Å². The second-order valence-corrected chi connectivity index (χ2v) is 9.01. The van der Waals surface area contributed by atoms with Gasteiger partial charge in [0.25, 0.3) is 0 Å². The van der Waals surface area contributed by atoms with Crippen LogP contribution in [0.3, 0.4) is 0 Å². The summed E-state index contributed by atoms with van der Waals surface area (Å²) in [6.07, 6.45) is 2.35. The third-order valence-corrected chi connectivity index (χ3v) is 7.03. The Morgan fingerprint density at radius 2 is 1.68 bits per heavy atom. The molecular weight excluding hydrogens is 432 g/mol. The van der Waals surface area contributed by atoms with Crippen LogP contribution >= 0.6 is 0 Å². The molecule has 0 bridgehead atoms. The van der Waals surface area contributed by atoms with Crippen LogP contribution in [0.25, 0.3) is 11.1 Å². The average molecular weight is 465 g/mol. The van der Waals surface area contributed by atoms with Crippen LogP contribution in [0.2, 0.25) is 0 Å². The highest BCUT2D eigenvalue weighted by atomic mass is 16.5. The fourth-order valence-corrected chi connectivity index (χ4v) is 5.34. The lowest BCUT2D eigenvalue weighted by atomic mass is 9.98. The summed E-state index contributed by atoms with van der Waals surface area (Å²) in [7, 11) is 0. The normalized spacial score (nSPS) is 18.9. The topological polar surface area (TPSA) is 95.9 Å². The lowest BCUT2D eigenvalue weighted by Crippen LogP contribution is -2.39. The molecule has 1 heterocycles. The maximum absolute atomic E-state index is 12.6. The summed E-state index contributed by atoms with van der Waals surface area (Å²) >= 11 is 0. The van der Waals surface area contributed by atoms with Crippen molar-refractivity contribution in [3.63, 3.8) is 0 Å². The van der Waals surface area contributed by atoms with Crippen molar-refractivity contribution in [2.24, 2.45) is 5.92 Å². The first-order valence-corrected chi connectivity index (χ1v) is 12.1. The molecule has 7 heteroatoms. The number of unbranched alkanes of at least 4 members (excludes halogenated alkanes) is 1. The van der Waals surface area contributed by atoms with Gasteiger partial charge in [-0.1, -0.05) is 55.5 Å². The summed E-state index contributed by atoms with van der Waals surface area (Å²) < 4.78 is 5.53. The largest absolute Gasteiger partial charge is 0.481 e. The number of likely N-dealkylation sites (tertiary alicyclic amines) is 1. The Balaban J connectivity index is 1.18. The monoisotopic (exact) mass is 464 g/mol. The van der Waals surface area contributed by atoms with Crippen molar-refractivity contribution in [2.45, 2.75) is 51.0 Å². The molecule has 1 saturated heterocycles. The van der Waals surface area contributed by atoms with E-state index >= 15 is 0 Å². The Morgan fingerprint density at radius 3 is 2.29 bits per heavy atom. The van der Waals surface area contributed by atoms with Crippen LogP contribution in [0, 0.1) is 5.92 Å². The summed E-state index contributed by atoms with van der Waals surface area (Å²) in [6, 6.07) is 16.2. The molecule has 1 aliphatic heterocycles. The third-order valence-electron chi connectivity index (χ3n) is 7.03. The molecule has 0 aromatic heterocycles. The molecule has 0 spiro atoms. The number of rotatable bonds is 9. The van der Waals surface area contributed by atoms with Gasteiger partial charge in [0.1, 0.15) is 6.61 Å². The highest BCUT2D eigenvalue weighted by Gasteiger charge is 2.39. The second kappa shape index (κ2) is 10.7. The van der Waals surface area contributed by atoms with Gasteiger partial charge in [-0.2, -0.15) is 0 Å². The quantitative estimate of drug-likeness (QED) is 0.536. The highest BCUT2D eigenvalue weighted by Crippen LogP contribution is 2.44. The fraction of sp³-hybridized carbons (Fsp3) is 0.444. The summed E-state index contributed by atoms with van der Waals surface area (Å²) in [6.45, 7) is 3.13. The number of hydrogen-bond donors (Lipinski definition) is 2. The summed E-state index contributed by atoms with van der Waals surface area (Å²) in [5, 5.41) is 12.1. The number of carboxylic acid groups (broad SMARTS) is 1. The smallest absolute Gasteiger partial charge is 0.407 e. The first kappa shape index (κ1) is 23.8. The summed E-state index contributed by atoms with van der Waals surface area (Å²) in [4.78, 5) is 37.9. The zero-order valence-electron chi connectivity index (χ0n) is 19.5. The minimum atomic E-state index is -0.825. The number of ether oxygens (including phenoxy) is 1. The zero-order valence-corrected chi connectivity index (χ0v) is 19.5. The van der Waals surface area contributed by atoms with E-state index in [1.807, 2.05) is 31.2 Å². The lowest BCUT2D eigenvalue weighted by Gasteiger charge is -2.25. The van der Waals surface area contributed by atoms with Gasteiger partial charge in [-0.25, -0.2) is 4.79 Å². The Kier molecular flexibility index (Phi) is 7.50. The van der Waals surface area contributed by atoms with E-state index in [9.17, 15) is 19.5 Å². The first-order chi connectivity index (χ1) is 16.5. The minimum Gasteiger partial charge on any atom is -0.481 e. The molecule has 2 N–H and O–H groups in total. The highest BCUT2D eigenvalue weighted by molar-refractivity contribution is 5.80. The van der Waals surface area contributed by atoms with Crippen LogP contribution in [0.5, 0.6) is 0 Å². The molecule has 0 saturated carbocycles. The number of fused-ring (bicyclic) bond motifs is 3. The number of hydrogen-bond acceptors (Lipinski definition) is 4. The molecule has 0 radical (unpaired) electrons. The van der Waals surface area contributed by atoms with Gasteiger partial charge in [-0.15, -0.1) is 0 Å². The Morgan fingerprint density at radius 1 is 1.03 bits per heavy atom. The van der Waals surface area contributed by atoms with Crippen molar-refractivity contribution in [3.8, 4) is 11.1 Å². The molecule has 180 valence electrons. The van der Waals surface area contributed by atoms with Crippen molar-refractivity contribution in [1.29, 1.82) is 0 Å². The van der Waals surface area contributed by atoms with E-state index in [4.69, 9.17) is 4.74 Å². The number of carboxylic acids is 1. The number of alkyl carbamates (subject to hydrolysis) is 1. The molecular formula is C27H32N2O5. The molecule has 2 atom stereocenters. The van der Waals surface area contributed by atoms with Crippen LogP contribution in [0.15, 0.2) is 48.5 Å². The SMILES string of the molecule is CCC1C(C(=O)O)CCN1C(=O)CCCCNC(=O)OCC1c2ccccc2-c2ccccc21. The average Bonchev–Trinajstić information content (AvgIpc) is 3.42. The maximum atomic E-state index is 12.6. The predicted molar refractivity (Wildman–Crippen MR) is 128 cm³/mol. The predicted octanol–water partition coefficient (Wildman–Crippen LogP) is 4.41.